The third kappa shape index (κ3) is 5.26. The number of carbonyl (C=O) groups excluding carboxylic acids is 1. The minimum absolute atomic E-state index is 0.0600. The molecule has 2 N–H and O–H groups in total. The molecule has 0 aliphatic carbocycles. The van der Waals surface area contributed by atoms with Crippen LogP contribution in [-0.2, 0) is 16.1 Å². The van der Waals surface area contributed by atoms with Gasteiger partial charge in [-0.05, 0) is 12.1 Å². The van der Waals surface area contributed by atoms with Gasteiger partial charge in [-0.1, -0.05) is 23.7 Å². The van der Waals surface area contributed by atoms with E-state index in [1.807, 2.05) is 18.2 Å². The largest absolute Gasteiger partial charge is 0.457 e. The molecule has 0 amide bonds. The van der Waals surface area contributed by atoms with Crippen molar-refractivity contribution in [2.75, 3.05) is 30.5 Å². The summed E-state index contributed by atoms with van der Waals surface area (Å²) in [5, 5.41) is 0.603. The number of carbonyl (C=O) groups is 1. The lowest BCUT2D eigenvalue weighted by Crippen LogP contribution is -2.17. The number of halogens is 1. The minimum atomic E-state index is -0.389. The summed E-state index contributed by atoms with van der Waals surface area (Å²) < 4.78 is 5.15. The Morgan fingerprint density at radius 3 is 2.74 bits per heavy atom. The summed E-state index contributed by atoms with van der Waals surface area (Å²) in [6.07, 6.45) is 0. The smallest absolute Gasteiger partial charge is 0.316 e. The van der Waals surface area contributed by atoms with Crippen LogP contribution in [0.5, 0.6) is 0 Å². The summed E-state index contributed by atoms with van der Waals surface area (Å²) in [6.45, 7) is -0.0600. The van der Waals surface area contributed by atoms with Crippen LogP contribution in [0.15, 0.2) is 29.2 Å². The topological polar surface area (TPSA) is 94.2 Å². The average molecular weight is 354 g/mol. The Morgan fingerprint density at radius 1 is 1.30 bits per heavy atom. The van der Waals surface area contributed by atoms with Crippen molar-refractivity contribution in [3.05, 3.63) is 35.1 Å². The van der Waals surface area contributed by atoms with Crippen molar-refractivity contribution < 1.29 is 9.53 Å². The highest BCUT2D eigenvalue weighted by atomic mass is 35.5. The number of anilines is 2. The van der Waals surface area contributed by atoms with Gasteiger partial charge >= 0.3 is 5.97 Å². The first kappa shape index (κ1) is 17.3. The van der Waals surface area contributed by atoms with Crippen molar-refractivity contribution in [2.24, 2.45) is 0 Å². The second-order valence-electron chi connectivity index (χ2n) is 4.68. The second kappa shape index (κ2) is 7.98. The Labute approximate surface area is 143 Å². The SMILES string of the molecule is CN(C)c1nc(N)nc(COC(=O)CSc2ccccc2Cl)n1. The van der Waals surface area contributed by atoms with Crippen molar-refractivity contribution in [1.82, 2.24) is 15.0 Å². The molecule has 0 spiro atoms. The first-order chi connectivity index (χ1) is 11.0. The molecule has 0 fully saturated rings. The van der Waals surface area contributed by atoms with Gasteiger partial charge in [-0.25, -0.2) is 0 Å². The molecule has 0 unspecified atom stereocenters. The Kier molecular flexibility index (Phi) is 6.00. The van der Waals surface area contributed by atoms with Crippen LogP contribution in [0.2, 0.25) is 5.02 Å². The Morgan fingerprint density at radius 2 is 2.04 bits per heavy atom. The van der Waals surface area contributed by atoms with Crippen LogP contribution in [0.1, 0.15) is 5.82 Å². The number of nitrogen functional groups attached to an aromatic ring is 1. The molecule has 7 nitrogen and oxygen atoms in total. The van der Waals surface area contributed by atoms with Gasteiger partial charge in [0.1, 0.15) is 0 Å². The summed E-state index contributed by atoms with van der Waals surface area (Å²) in [7, 11) is 3.57. The van der Waals surface area contributed by atoms with Crippen LogP contribution in [0.3, 0.4) is 0 Å². The van der Waals surface area contributed by atoms with E-state index in [0.29, 0.717) is 16.8 Å². The summed E-state index contributed by atoms with van der Waals surface area (Å²) in [6, 6.07) is 7.30. The highest BCUT2D eigenvalue weighted by Crippen LogP contribution is 2.26. The van der Waals surface area contributed by atoms with Crippen LogP contribution >= 0.6 is 23.4 Å². The van der Waals surface area contributed by atoms with Gasteiger partial charge in [0.15, 0.2) is 12.4 Å². The normalized spacial score (nSPS) is 10.4. The second-order valence-corrected chi connectivity index (χ2v) is 6.11. The van der Waals surface area contributed by atoms with Crippen molar-refractivity contribution in [3.8, 4) is 0 Å². The lowest BCUT2D eigenvalue weighted by Gasteiger charge is -2.11. The fraction of sp³-hybridized carbons (Fsp3) is 0.286. The molecule has 122 valence electrons. The average Bonchev–Trinajstić information content (AvgIpc) is 2.51. The van der Waals surface area contributed by atoms with Crippen LogP contribution in [0.25, 0.3) is 0 Å². The standard InChI is InChI=1S/C14H16ClN5O2S/c1-20(2)14-18-11(17-13(16)19-14)7-22-12(21)8-23-10-6-4-3-5-9(10)15/h3-6H,7-8H2,1-2H3,(H2,16,17,18,19). The molecule has 0 aliphatic heterocycles. The monoisotopic (exact) mass is 353 g/mol. The van der Waals surface area contributed by atoms with Gasteiger partial charge in [0, 0.05) is 19.0 Å². The van der Waals surface area contributed by atoms with Gasteiger partial charge in [-0.15, -0.1) is 11.8 Å². The summed E-state index contributed by atoms with van der Waals surface area (Å²) >= 11 is 7.34. The third-order valence-electron chi connectivity index (χ3n) is 2.63. The maximum absolute atomic E-state index is 11.8. The van der Waals surface area contributed by atoms with E-state index in [-0.39, 0.29) is 24.3 Å². The lowest BCUT2D eigenvalue weighted by atomic mass is 10.4. The number of ether oxygens (including phenoxy) is 1. The van der Waals surface area contributed by atoms with Crippen molar-refractivity contribution in [1.29, 1.82) is 0 Å². The first-order valence-corrected chi connectivity index (χ1v) is 8.03. The number of thioether (sulfide) groups is 1. The number of esters is 1. The maximum atomic E-state index is 11.8. The van der Waals surface area contributed by atoms with Gasteiger partial charge in [0.25, 0.3) is 0 Å². The molecule has 2 rings (SSSR count). The molecule has 1 aromatic carbocycles. The van der Waals surface area contributed by atoms with Gasteiger partial charge in [0.05, 0.1) is 10.8 Å². The molecule has 1 aromatic heterocycles. The van der Waals surface area contributed by atoms with Crippen molar-refractivity contribution in [2.45, 2.75) is 11.5 Å². The molecular weight excluding hydrogens is 338 g/mol. The predicted octanol–water partition coefficient (Wildman–Crippen LogP) is 2.01. The lowest BCUT2D eigenvalue weighted by molar-refractivity contribution is -0.141. The molecule has 0 radical (unpaired) electrons. The Bertz CT molecular complexity index is 699. The zero-order valence-electron chi connectivity index (χ0n) is 12.7. The Hall–Kier alpha value is -2.06. The Balaban J connectivity index is 1.88. The fourth-order valence-corrected chi connectivity index (χ4v) is 2.61. The van der Waals surface area contributed by atoms with E-state index in [4.69, 9.17) is 22.1 Å². The summed E-state index contributed by atoms with van der Waals surface area (Å²) in [5.74, 6) is 0.553. The molecule has 0 saturated heterocycles. The van der Waals surface area contributed by atoms with E-state index in [0.717, 1.165) is 4.90 Å². The number of aromatic nitrogens is 3. The van der Waals surface area contributed by atoms with Gasteiger partial charge < -0.3 is 15.4 Å². The van der Waals surface area contributed by atoms with Crippen LogP contribution in [0.4, 0.5) is 11.9 Å². The molecule has 2 aromatic rings. The molecular formula is C14H16ClN5O2S. The van der Waals surface area contributed by atoms with E-state index in [9.17, 15) is 4.79 Å². The van der Waals surface area contributed by atoms with E-state index in [1.54, 1.807) is 25.1 Å². The van der Waals surface area contributed by atoms with Crippen molar-refractivity contribution >= 4 is 41.2 Å². The first-order valence-electron chi connectivity index (χ1n) is 6.66. The minimum Gasteiger partial charge on any atom is -0.457 e. The van der Waals surface area contributed by atoms with Crippen LogP contribution < -0.4 is 10.6 Å². The molecule has 9 heteroatoms. The quantitative estimate of drug-likeness (QED) is 0.622. The van der Waals surface area contributed by atoms with Crippen LogP contribution in [0, 0.1) is 0 Å². The molecule has 0 atom stereocenters. The number of hydrogen-bond donors (Lipinski definition) is 1. The predicted molar refractivity (Wildman–Crippen MR) is 90.5 cm³/mol. The van der Waals surface area contributed by atoms with Gasteiger partial charge in [-0.3, -0.25) is 4.79 Å². The maximum Gasteiger partial charge on any atom is 0.316 e. The molecule has 0 bridgehead atoms. The van der Waals surface area contributed by atoms with Gasteiger partial charge in [0.2, 0.25) is 11.9 Å². The zero-order valence-corrected chi connectivity index (χ0v) is 14.3. The van der Waals surface area contributed by atoms with E-state index in [1.165, 1.54) is 11.8 Å². The molecule has 0 aliphatic rings. The zero-order chi connectivity index (χ0) is 16.8. The van der Waals surface area contributed by atoms with E-state index in [2.05, 4.69) is 15.0 Å². The van der Waals surface area contributed by atoms with Gasteiger partial charge in [-0.2, -0.15) is 15.0 Å². The van der Waals surface area contributed by atoms with E-state index >= 15 is 0 Å². The molecule has 0 saturated carbocycles. The summed E-state index contributed by atoms with van der Waals surface area (Å²) in [5.41, 5.74) is 5.61. The number of nitrogens with zero attached hydrogens (tertiary/aromatic N) is 4. The number of benzene rings is 1. The third-order valence-corrected chi connectivity index (χ3v) is 4.12. The number of hydrogen-bond acceptors (Lipinski definition) is 8. The van der Waals surface area contributed by atoms with E-state index < -0.39 is 0 Å². The van der Waals surface area contributed by atoms with Crippen molar-refractivity contribution in [3.63, 3.8) is 0 Å². The highest BCUT2D eigenvalue weighted by molar-refractivity contribution is 8.00. The number of nitrogens with two attached hydrogens (primary N) is 1. The summed E-state index contributed by atoms with van der Waals surface area (Å²) in [4.78, 5) is 26.4. The molecule has 23 heavy (non-hydrogen) atoms. The fourth-order valence-electron chi connectivity index (χ4n) is 1.57. The number of rotatable bonds is 6. The highest BCUT2D eigenvalue weighted by Gasteiger charge is 2.10. The van der Waals surface area contributed by atoms with Crippen LogP contribution in [-0.4, -0.2) is 40.8 Å². The molecule has 1 heterocycles.